The van der Waals surface area contributed by atoms with Crippen LogP contribution in [0.5, 0.6) is 0 Å². The normalized spacial score (nSPS) is 11.4. The van der Waals surface area contributed by atoms with Crippen LogP contribution in [0.25, 0.3) is 0 Å². The second-order valence-corrected chi connectivity index (χ2v) is 3.45. The highest BCUT2D eigenvalue weighted by Gasteiger charge is 2.16. The topological polar surface area (TPSA) is 64.6 Å². The largest absolute Gasteiger partial charge is 0.467 e. The summed E-state index contributed by atoms with van der Waals surface area (Å²) in [6.07, 6.45) is -0.647. The minimum Gasteiger partial charge on any atom is -0.467 e. The number of alkyl carbamates (subject to hydrolysis) is 1. The van der Waals surface area contributed by atoms with Crippen LogP contribution in [0.1, 0.15) is 12.5 Å². The van der Waals surface area contributed by atoms with E-state index in [9.17, 15) is 9.59 Å². The van der Waals surface area contributed by atoms with Gasteiger partial charge in [-0.2, -0.15) is 0 Å². The van der Waals surface area contributed by atoms with Gasteiger partial charge in [0.15, 0.2) is 0 Å². The minimum atomic E-state index is -0.719. The summed E-state index contributed by atoms with van der Waals surface area (Å²) in [6, 6.07) is 8.56. The van der Waals surface area contributed by atoms with Gasteiger partial charge in [-0.15, -0.1) is 0 Å². The molecule has 1 atom stereocenters. The van der Waals surface area contributed by atoms with Gasteiger partial charge in [0.2, 0.25) is 0 Å². The molecule has 92 valence electrons. The molecule has 0 unspecified atom stereocenters. The van der Waals surface area contributed by atoms with Gasteiger partial charge in [0.25, 0.3) is 0 Å². The van der Waals surface area contributed by atoms with Gasteiger partial charge < -0.3 is 14.8 Å². The molecule has 0 heterocycles. The molecular formula is C12H15NO4. The number of amides is 1. The Morgan fingerprint density at radius 2 is 1.94 bits per heavy atom. The van der Waals surface area contributed by atoms with Gasteiger partial charge in [-0.05, 0) is 12.5 Å². The maximum absolute atomic E-state index is 11.3. The molecule has 0 spiro atoms. The Bertz CT molecular complexity index is 377. The number of carbonyl (C=O) groups is 2. The van der Waals surface area contributed by atoms with Crippen LogP contribution in [-0.4, -0.2) is 25.2 Å². The molecule has 1 N–H and O–H groups in total. The zero-order valence-electron chi connectivity index (χ0n) is 9.80. The summed E-state index contributed by atoms with van der Waals surface area (Å²) in [7, 11) is 1.26. The summed E-state index contributed by atoms with van der Waals surface area (Å²) >= 11 is 0. The predicted octanol–water partition coefficient (Wildman–Crippen LogP) is 1.47. The first-order valence-electron chi connectivity index (χ1n) is 5.18. The Hall–Kier alpha value is -2.04. The molecule has 1 aromatic carbocycles. The molecule has 0 fully saturated rings. The average molecular weight is 237 g/mol. The van der Waals surface area contributed by atoms with E-state index >= 15 is 0 Å². The monoisotopic (exact) mass is 237 g/mol. The highest BCUT2D eigenvalue weighted by molar-refractivity contribution is 5.80. The summed E-state index contributed by atoms with van der Waals surface area (Å²) in [5.41, 5.74) is 0.883. The van der Waals surface area contributed by atoms with Crippen molar-refractivity contribution >= 4 is 12.1 Å². The molecule has 1 amide bonds. The lowest BCUT2D eigenvalue weighted by Gasteiger charge is -2.11. The van der Waals surface area contributed by atoms with Gasteiger partial charge in [0.1, 0.15) is 12.6 Å². The van der Waals surface area contributed by atoms with Crippen molar-refractivity contribution in [2.75, 3.05) is 7.11 Å². The lowest BCUT2D eigenvalue weighted by atomic mass is 10.2. The molecule has 5 heteroatoms. The third-order valence-corrected chi connectivity index (χ3v) is 2.10. The van der Waals surface area contributed by atoms with E-state index in [2.05, 4.69) is 10.1 Å². The second-order valence-electron chi connectivity index (χ2n) is 3.45. The molecule has 1 aromatic rings. The van der Waals surface area contributed by atoms with Crippen LogP contribution in [0.4, 0.5) is 4.79 Å². The van der Waals surface area contributed by atoms with Crippen LogP contribution in [-0.2, 0) is 20.9 Å². The number of rotatable bonds is 4. The zero-order valence-corrected chi connectivity index (χ0v) is 9.80. The van der Waals surface area contributed by atoms with Crippen molar-refractivity contribution in [1.29, 1.82) is 0 Å². The van der Waals surface area contributed by atoms with Crippen LogP contribution in [0, 0.1) is 0 Å². The van der Waals surface area contributed by atoms with Gasteiger partial charge in [-0.1, -0.05) is 30.3 Å². The fraction of sp³-hybridized carbons (Fsp3) is 0.333. The van der Waals surface area contributed by atoms with E-state index in [1.165, 1.54) is 14.0 Å². The van der Waals surface area contributed by atoms with E-state index in [1.54, 1.807) is 0 Å². The molecule has 5 nitrogen and oxygen atoms in total. The van der Waals surface area contributed by atoms with Crippen molar-refractivity contribution in [2.45, 2.75) is 19.6 Å². The Morgan fingerprint density at radius 3 is 2.53 bits per heavy atom. The van der Waals surface area contributed by atoms with Crippen molar-refractivity contribution < 1.29 is 19.1 Å². The maximum Gasteiger partial charge on any atom is 0.408 e. The number of esters is 1. The Kier molecular flexibility index (Phi) is 5.00. The fourth-order valence-corrected chi connectivity index (χ4v) is 1.18. The first-order chi connectivity index (χ1) is 8.13. The molecule has 0 aliphatic carbocycles. The first kappa shape index (κ1) is 13.0. The van der Waals surface area contributed by atoms with Crippen molar-refractivity contribution in [3.05, 3.63) is 35.9 Å². The number of carbonyl (C=O) groups excluding carboxylic acids is 2. The third kappa shape index (κ3) is 4.55. The number of benzene rings is 1. The average Bonchev–Trinajstić information content (AvgIpc) is 2.36. The highest BCUT2D eigenvalue weighted by atomic mass is 16.6. The van der Waals surface area contributed by atoms with Crippen molar-refractivity contribution in [3.8, 4) is 0 Å². The number of methoxy groups -OCH3 is 1. The van der Waals surface area contributed by atoms with Gasteiger partial charge in [-0.25, -0.2) is 9.59 Å². The molecule has 17 heavy (non-hydrogen) atoms. The van der Waals surface area contributed by atoms with Crippen molar-refractivity contribution in [3.63, 3.8) is 0 Å². The van der Waals surface area contributed by atoms with E-state index in [4.69, 9.17) is 4.74 Å². The molecule has 0 aliphatic heterocycles. The molecule has 0 aromatic heterocycles. The molecule has 0 bridgehead atoms. The van der Waals surface area contributed by atoms with Crippen LogP contribution in [0.15, 0.2) is 30.3 Å². The molecule has 0 aliphatic rings. The number of hydrogen-bond acceptors (Lipinski definition) is 4. The van der Waals surface area contributed by atoms with E-state index in [1.807, 2.05) is 30.3 Å². The summed E-state index contributed by atoms with van der Waals surface area (Å²) < 4.78 is 9.40. The summed E-state index contributed by atoms with van der Waals surface area (Å²) in [5, 5.41) is 2.37. The molecule has 0 saturated carbocycles. The van der Waals surface area contributed by atoms with Gasteiger partial charge in [0.05, 0.1) is 7.11 Å². The predicted molar refractivity (Wildman–Crippen MR) is 61.2 cm³/mol. The van der Waals surface area contributed by atoms with E-state index in [0.717, 1.165) is 5.56 Å². The zero-order chi connectivity index (χ0) is 12.7. The summed E-state index contributed by atoms with van der Waals surface area (Å²) in [6.45, 7) is 1.69. The summed E-state index contributed by atoms with van der Waals surface area (Å²) in [4.78, 5) is 22.3. The molecule has 0 saturated heterocycles. The van der Waals surface area contributed by atoms with Gasteiger partial charge in [0, 0.05) is 0 Å². The quantitative estimate of drug-likeness (QED) is 0.805. The van der Waals surface area contributed by atoms with Crippen LogP contribution in [0.3, 0.4) is 0 Å². The summed E-state index contributed by atoms with van der Waals surface area (Å²) in [5.74, 6) is -0.512. The van der Waals surface area contributed by atoms with Crippen LogP contribution in [0.2, 0.25) is 0 Å². The van der Waals surface area contributed by atoms with Crippen LogP contribution < -0.4 is 5.32 Å². The third-order valence-electron chi connectivity index (χ3n) is 2.10. The van der Waals surface area contributed by atoms with E-state index in [-0.39, 0.29) is 6.61 Å². The van der Waals surface area contributed by atoms with Gasteiger partial charge >= 0.3 is 12.1 Å². The van der Waals surface area contributed by atoms with Crippen molar-refractivity contribution in [1.82, 2.24) is 5.32 Å². The smallest absolute Gasteiger partial charge is 0.408 e. The lowest BCUT2D eigenvalue weighted by molar-refractivity contribution is -0.142. The Balaban J connectivity index is 2.33. The number of ether oxygens (including phenoxy) is 2. The molecule has 1 rings (SSSR count). The van der Waals surface area contributed by atoms with E-state index < -0.39 is 18.1 Å². The number of hydrogen-bond donors (Lipinski definition) is 1. The Labute approximate surface area is 99.7 Å². The number of nitrogens with one attached hydrogen (secondary N) is 1. The fourth-order valence-electron chi connectivity index (χ4n) is 1.18. The SMILES string of the molecule is COC(=O)[C@H](C)NC(=O)OCc1ccccc1. The molecule has 0 radical (unpaired) electrons. The first-order valence-corrected chi connectivity index (χ1v) is 5.18. The van der Waals surface area contributed by atoms with Crippen LogP contribution >= 0.6 is 0 Å². The lowest BCUT2D eigenvalue weighted by Crippen LogP contribution is -2.39. The van der Waals surface area contributed by atoms with E-state index in [0.29, 0.717) is 0 Å². The van der Waals surface area contributed by atoms with Crippen molar-refractivity contribution in [2.24, 2.45) is 0 Å². The second kappa shape index (κ2) is 6.52. The highest BCUT2D eigenvalue weighted by Crippen LogP contribution is 2.00. The van der Waals surface area contributed by atoms with Gasteiger partial charge in [-0.3, -0.25) is 0 Å². The maximum atomic E-state index is 11.3. The Morgan fingerprint density at radius 1 is 1.29 bits per heavy atom. The molecular weight excluding hydrogens is 222 g/mol. The standard InChI is InChI=1S/C12H15NO4/c1-9(11(14)16-2)13-12(15)17-8-10-6-4-3-5-7-10/h3-7,9H,8H2,1-2H3,(H,13,15)/t9-/m0/s1. The minimum absolute atomic E-state index is 0.167.